The lowest BCUT2D eigenvalue weighted by atomic mass is 10.1. The Hall–Kier alpha value is -7.27. The minimum Gasteiger partial charge on any atom is -0.494 e. The van der Waals surface area contributed by atoms with E-state index in [4.69, 9.17) is 28.4 Å². The van der Waals surface area contributed by atoms with Crippen molar-refractivity contribution in [2.45, 2.75) is 136 Å². The van der Waals surface area contributed by atoms with Gasteiger partial charge in [0.2, 0.25) is 0 Å². The molecule has 0 N–H and O–H groups in total. The second kappa shape index (κ2) is 30.6. The van der Waals surface area contributed by atoms with Gasteiger partial charge in [-0.25, -0.2) is 24.0 Å². The first kappa shape index (κ1) is 55.1. The maximum Gasteiger partial charge on any atom is 0.343 e. The van der Waals surface area contributed by atoms with E-state index in [9.17, 15) is 24.0 Å². The summed E-state index contributed by atoms with van der Waals surface area (Å²) < 4.78 is 33.6. The van der Waals surface area contributed by atoms with E-state index in [0.29, 0.717) is 35.5 Å². The first-order chi connectivity index (χ1) is 35.7. The average molecular weight is 991 g/mol. The maximum atomic E-state index is 13.2. The van der Waals surface area contributed by atoms with E-state index in [0.717, 1.165) is 37.5 Å². The van der Waals surface area contributed by atoms with Gasteiger partial charge in [-0.2, -0.15) is 0 Å². The van der Waals surface area contributed by atoms with Crippen molar-refractivity contribution in [1.82, 2.24) is 0 Å². The van der Waals surface area contributed by atoms with Crippen molar-refractivity contribution in [1.29, 1.82) is 0 Å². The van der Waals surface area contributed by atoms with Crippen LogP contribution in [0, 0.1) is 0 Å². The Morgan fingerprint density at radius 3 is 1.04 bits per heavy atom. The third kappa shape index (κ3) is 19.0. The number of benzene rings is 6. The van der Waals surface area contributed by atoms with Gasteiger partial charge >= 0.3 is 29.8 Å². The molecule has 0 aliphatic rings. The number of fused-ring (bicyclic) bond motifs is 1. The molecule has 0 spiro atoms. The molecule has 0 unspecified atom stereocenters. The monoisotopic (exact) mass is 990 g/mol. The standard InChI is InChI=1S/C62H70O11/c1-3-5-7-9-11-13-15-17-19-21-43-69-58(63)47-27-35-54(36-28-47)70-60(65)49-29-39-56(40-30-49)72-62(67)51-23-22-46-24-41-57(45-52(46)44-51)73-61(66)50-31-37-55(38-32-50)71-59(64)48-25-33-53(34-26-48)68-42-20-18-16-14-12-10-8-6-4-2/h22-41,44-45H,3-21,42-43H2,1-2H3. The van der Waals surface area contributed by atoms with Crippen LogP contribution in [-0.4, -0.2) is 43.1 Å². The van der Waals surface area contributed by atoms with E-state index in [1.807, 2.05) is 0 Å². The fraction of sp³-hybridized carbons (Fsp3) is 0.371. The number of hydrogen-bond acceptors (Lipinski definition) is 11. The molecule has 0 heterocycles. The van der Waals surface area contributed by atoms with Gasteiger partial charge in [0.1, 0.15) is 28.7 Å². The summed E-state index contributed by atoms with van der Waals surface area (Å²) in [6.07, 6.45) is 23.2. The lowest BCUT2D eigenvalue weighted by Gasteiger charge is -2.09. The van der Waals surface area contributed by atoms with Crippen LogP contribution >= 0.6 is 0 Å². The van der Waals surface area contributed by atoms with Crippen LogP contribution in [0.1, 0.15) is 188 Å². The summed E-state index contributed by atoms with van der Waals surface area (Å²) in [7, 11) is 0. The first-order valence-electron chi connectivity index (χ1n) is 26.3. The quantitative estimate of drug-likeness (QED) is 0.0233. The van der Waals surface area contributed by atoms with E-state index in [1.165, 1.54) is 151 Å². The molecule has 0 saturated heterocycles. The lowest BCUT2D eigenvalue weighted by molar-refractivity contribution is 0.0496. The third-order valence-corrected chi connectivity index (χ3v) is 12.5. The normalized spacial score (nSPS) is 10.9. The molecule has 6 aromatic carbocycles. The van der Waals surface area contributed by atoms with E-state index in [-0.39, 0.29) is 39.7 Å². The Labute approximate surface area is 430 Å². The smallest absolute Gasteiger partial charge is 0.343 e. The van der Waals surface area contributed by atoms with E-state index in [2.05, 4.69) is 13.8 Å². The van der Waals surface area contributed by atoms with Crippen LogP contribution in [-0.2, 0) is 4.74 Å². The molecule has 384 valence electrons. The van der Waals surface area contributed by atoms with Crippen LogP contribution in [0.25, 0.3) is 10.8 Å². The van der Waals surface area contributed by atoms with Crippen molar-refractivity contribution >= 4 is 40.6 Å². The van der Waals surface area contributed by atoms with E-state index >= 15 is 0 Å². The Balaban J connectivity index is 0.899. The fourth-order valence-corrected chi connectivity index (χ4v) is 8.18. The van der Waals surface area contributed by atoms with Gasteiger partial charge in [-0.3, -0.25) is 0 Å². The highest BCUT2D eigenvalue weighted by Crippen LogP contribution is 2.26. The summed E-state index contributed by atoms with van der Waals surface area (Å²) >= 11 is 0. The Bertz CT molecular complexity index is 2650. The molecule has 0 amide bonds. The molecule has 0 radical (unpaired) electrons. The molecule has 0 atom stereocenters. The number of unbranched alkanes of at least 4 members (excludes halogenated alkanes) is 17. The molecule has 73 heavy (non-hydrogen) atoms. The molecule has 0 aliphatic carbocycles. The minimum atomic E-state index is -0.631. The maximum absolute atomic E-state index is 13.2. The molecule has 0 bridgehead atoms. The number of rotatable bonds is 31. The van der Waals surface area contributed by atoms with Gasteiger partial charge in [0.25, 0.3) is 0 Å². The predicted octanol–water partition coefficient (Wildman–Crippen LogP) is 15.7. The molecule has 6 aromatic rings. The van der Waals surface area contributed by atoms with E-state index in [1.54, 1.807) is 72.8 Å². The summed E-state index contributed by atoms with van der Waals surface area (Å²) in [6, 6.07) is 35.2. The van der Waals surface area contributed by atoms with Crippen molar-refractivity contribution in [3.05, 3.63) is 161 Å². The van der Waals surface area contributed by atoms with Gasteiger partial charge in [-0.1, -0.05) is 135 Å². The third-order valence-electron chi connectivity index (χ3n) is 12.5. The number of carbonyl (C=O) groups excluding carboxylic acids is 5. The Kier molecular flexibility index (Phi) is 23.1. The highest BCUT2D eigenvalue weighted by molar-refractivity contribution is 5.98. The number of carbonyl (C=O) groups is 5. The highest BCUT2D eigenvalue weighted by Gasteiger charge is 2.16. The topological polar surface area (TPSA) is 141 Å². The zero-order valence-corrected chi connectivity index (χ0v) is 42.5. The van der Waals surface area contributed by atoms with Gasteiger partial charge in [-0.15, -0.1) is 0 Å². The number of esters is 5. The van der Waals surface area contributed by atoms with Gasteiger partial charge < -0.3 is 28.4 Å². The molecule has 6 rings (SSSR count). The minimum absolute atomic E-state index is 0.213. The fourth-order valence-electron chi connectivity index (χ4n) is 8.18. The second-order valence-electron chi connectivity index (χ2n) is 18.4. The highest BCUT2D eigenvalue weighted by atomic mass is 16.6. The van der Waals surface area contributed by atoms with Crippen LogP contribution in [0.4, 0.5) is 0 Å². The van der Waals surface area contributed by atoms with Crippen LogP contribution in [0.3, 0.4) is 0 Å². The first-order valence-corrected chi connectivity index (χ1v) is 26.3. The van der Waals surface area contributed by atoms with Crippen molar-refractivity contribution in [2.75, 3.05) is 13.2 Å². The van der Waals surface area contributed by atoms with Crippen LogP contribution in [0.2, 0.25) is 0 Å². The molecule has 0 saturated carbocycles. The largest absolute Gasteiger partial charge is 0.494 e. The van der Waals surface area contributed by atoms with Crippen molar-refractivity contribution in [3.63, 3.8) is 0 Å². The molecular formula is C62H70O11. The summed E-state index contributed by atoms with van der Waals surface area (Å²) in [5.41, 5.74) is 1.47. The average Bonchev–Trinajstić information content (AvgIpc) is 3.41. The molecule has 0 fully saturated rings. The van der Waals surface area contributed by atoms with E-state index < -0.39 is 29.8 Å². The Morgan fingerprint density at radius 1 is 0.288 bits per heavy atom. The molecule has 0 aliphatic heterocycles. The molecule has 0 aromatic heterocycles. The lowest BCUT2D eigenvalue weighted by Crippen LogP contribution is -2.11. The summed E-state index contributed by atoms with van der Waals surface area (Å²) in [4.78, 5) is 64.6. The Morgan fingerprint density at radius 2 is 0.603 bits per heavy atom. The van der Waals surface area contributed by atoms with Crippen molar-refractivity contribution in [2.24, 2.45) is 0 Å². The number of hydrogen-bond donors (Lipinski definition) is 0. The summed E-state index contributed by atoms with van der Waals surface area (Å²) in [5, 5.41) is 1.43. The van der Waals surface area contributed by atoms with Gasteiger partial charge in [0.05, 0.1) is 41.0 Å². The van der Waals surface area contributed by atoms with Crippen LogP contribution in [0.15, 0.2) is 133 Å². The number of ether oxygens (including phenoxy) is 6. The van der Waals surface area contributed by atoms with Crippen molar-refractivity contribution in [3.8, 4) is 28.7 Å². The predicted molar refractivity (Wildman–Crippen MR) is 284 cm³/mol. The molecule has 11 heteroatoms. The van der Waals surface area contributed by atoms with Crippen molar-refractivity contribution < 1.29 is 52.4 Å². The zero-order valence-electron chi connectivity index (χ0n) is 42.5. The van der Waals surface area contributed by atoms with Crippen LogP contribution in [0.5, 0.6) is 28.7 Å². The summed E-state index contributed by atoms with van der Waals surface area (Å²) in [6.45, 7) is 5.47. The second-order valence-corrected chi connectivity index (χ2v) is 18.4. The van der Waals surface area contributed by atoms with Gasteiger partial charge in [-0.05, 0) is 145 Å². The van der Waals surface area contributed by atoms with Gasteiger partial charge in [0, 0.05) is 0 Å². The van der Waals surface area contributed by atoms with Gasteiger partial charge in [0.15, 0.2) is 0 Å². The molecule has 11 nitrogen and oxygen atoms in total. The molecular weight excluding hydrogens is 921 g/mol. The zero-order chi connectivity index (χ0) is 51.5. The summed E-state index contributed by atoms with van der Waals surface area (Å²) in [5.74, 6) is -1.13. The van der Waals surface area contributed by atoms with Crippen LogP contribution < -0.4 is 23.7 Å². The SMILES string of the molecule is CCCCCCCCCCCCOC(=O)c1ccc(OC(=O)c2ccc(OC(=O)c3ccc4ccc(OC(=O)c5ccc(OC(=O)c6ccc(OCCCCCCCCCCC)cc6)cc5)cc4c3)cc2)cc1.